The molecule has 9 nitrogen and oxygen atoms in total. The zero-order chi connectivity index (χ0) is 22.4. The van der Waals surface area contributed by atoms with Crippen molar-refractivity contribution >= 4 is 8.53 Å². The van der Waals surface area contributed by atoms with Crippen molar-refractivity contribution in [3.05, 3.63) is 44.5 Å². The molecule has 5 atom stereocenters. The Bertz CT molecular complexity index is 831. The molecule has 1 unspecified atom stereocenters. The molecule has 1 N–H and O–H groups in total. The average Bonchev–Trinajstić information content (AvgIpc) is 2.94. The SMILES string of the molecule is [C-]#[N+]CCOP(OC[C@H]1O[C@@H](n2ccc(=O)[nH]c2=O)[C@H](F)[C@@H]1C)N(C(C)C)C(C)C. The molecular weight excluding hydrogens is 414 g/mol. The van der Waals surface area contributed by atoms with Crippen LogP contribution in [0, 0.1) is 12.5 Å². The number of hydrogen-bond acceptors (Lipinski definition) is 6. The molecule has 168 valence electrons. The monoisotopic (exact) mass is 444 g/mol. The van der Waals surface area contributed by atoms with Crippen molar-refractivity contribution in [3.63, 3.8) is 0 Å². The highest BCUT2D eigenvalue weighted by molar-refractivity contribution is 7.44. The summed E-state index contributed by atoms with van der Waals surface area (Å²) in [5.74, 6) is -0.527. The molecule has 1 aromatic rings. The molecule has 11 heteroatoms. The standard InChI is InChI=1S/C19H30FN4O5P/c1-12(2)24(13(3)4)30(27-10-8-21-6)28-11-15-14(5)17(20)18(29-15)23-9-7-16(25)22-19(23)26/h7,9,12-15,17-18H,8,10-11H2,1-5H3,(H,22,25,26)/t14-,15-,17-,18-,30?/m1/s1. The normalized spacial score (nSPS) is 25.2. The highest BCUT2D eigenvalue weighted by Crippen LogP contribution is 2.47. The largest absolute Gasteiger partial charge is 0.349 e. The van der Waals surface area contributed by atoms with Crippen LogP contribution in [0.25, 0.3) is 4.85 Å². The summed E-state index contributed by atoms with van der Waals surface area (Å²) in [5, 5.41) is 0. The van der Waals surface area contributed by atoms with Gasteiger partial charge in [-0.2, -0.15) is 0 Å². The van der Waals surface area contributed by atoms with Crippen LogP contribution in [0.4, 0.5) is 4.39 Å². The molecule has 1 aliphatic rings. The molecule has 0 spiro atoms. The first-order chi connectivity index (χ1) is 14.2. The third kappa shape index (κ3) is 5.96. The van der Waals surface area contributed by atoms with Crippen molar-refractivity contribution in [1.82, 2.24) is 14.2 Å². The molecule has 1 saturated heterocycles. The quantitative estimate of drug-likeness (QED) is 0.339. The Labute approximate surface area is 176 Å². The van der Waals surface area contributed by atoms with E-state index in [0.717, 1.165) is 10.6 Å². The van der Waals surface area contributed by atoms with E-state index >= 15 is 0 Å². The van der Waals surface area contributed by atoms with Crippen LogP contribution in [-0.4, -0.2) is 58.3 Å². The maximum absolute atomic E-state index is 14.9. The number of rotatable bonds is 10. The summed E-state index contributed by atoms with van der Waals surface area (Å²) < 4.78 is 35.7. The molecular formula is C19H30FN4O5P. The van der Waals surface area contributed by atoms with Gasteiger partial charge in [0.15, 0.2) is 12.4 Å². The summed E-state index contributed by atoms with van der Waals surface area (Å²) in [6.07, 6.45) is -1.95. The first-order valence-corrected chi connectivity index (χ1v) is 11.1. The van der Waals surface area contributed by atoms with Gasteiger partial charge in [0.05, 0.1) is 12.7 Å². The van der Waals surface area contributed by atoms with Crippen molar-refractivity contribution in [2.75, 3.05) is 19.8 Å². The fourth-order valence-corrected chi connectivity index (χ4v) is 4.93. The van der Waals surface area contributed by atoms with E-state index in [9.17, 15) is 14.0 Å². The fourth-order valence-electron chi connectivity index (χ4n) is 3.33. The van der Waals surface area contributed by atoms with E-state index in [1.807, 2.05) is 27.7 Å². The number of hydrogen-bond donors (Lipinski definition) is 1. The lowest BCUT2D eigenvalue weighted by Gasteiger charge is -2.35. The summed E-state index contributed by atoms with van der Waals surface area (Å²) in [4.78, 5) is 28.7. The Hall–Kier alpha value is -1.63. The van der Waals surface area contributed by atoms with E-state index in [-0.39, 0.29) is 31.8 Å². The minimum atomic E-state index is -1.47. The lowest BCUT2D eigenvalue weighted by Crippen LogP contribution is -2.35. The molecule has 0 radical (unpaired) electrons. The molecule has 0 aromatic carbocycles. The molecule has 1 fully saturated rings. The van der Waals surface area contributed by atoms with Gasteiger partial charge in [-0.15, -0.1) is 0 Å². The zero-order valence-electron chi connectivity index (χ0n) is 17.9. The summed E-state index contributed by atoms with van der Waals surface area (Å²) in [6, 6.07) is 1.44. The second kappa shape index (κ2) is 11.1. The lowest BCUT2D eigenvalue weighted by atomic mass is 10.0. The van der Waals surface area contributed by atoms with Gasteiger partial charge in [-0.25, -0.2) is 20.4 Å². The Kier molecular flexibility index (Phi) is 9.13. The Morgan fingerprint density at radius 2 is 2.00 bits per heavy atom. The van der Waals surface area contributed by atoms with Crippen molar-refractivity contribution in [2.24, 2.45) is 5.92 Å². The number of H-pyrrole nitrogens is 1. The Balaban J connectivity index is 2.11. The predicted octanol–water partition coefficient (Wildman–Crippen LogP) is 2.71. The van der Waals surface area contributed by atoms with E-state index in [0.29, 0.717) is 0 Å². The second-order valence-corrected chi connectivity index (χ2v) is 9.16. The van der Waals surface area contributed by atoms with Crippen LogP contribution < -0.4 is 11.2 Å². The van der Waals surface area contributed by atoms with Crippen LogP contribution in [0.2, 0.25) is 0 Å². The Morgan fingerprint density at radius 3 is 2.57 bits per heavy atom. The van der Waals surface area contributed by atoms with Crippen molar-refractivity contribution < 1.29 is 18.2 Å². The minimum Gasteiger partial charge on any atom is -0.349 e. The van der Waals surface area contributed by atoms with Gasteiger partial charge in [0.2, 0.25) is 6.54 Å². The van der Waals surface area contributed by atoms with Gasteiger partial charge < -0.3 is 18.6 Å². The molecule has 1 aromatic heterocycles. The number of aromatic nitrogens is 2. The number of alkyl halides is 1. The molecule has 30 heavy (non-hydrogen) atoms. The van der Waals surface area contributed by atoms with Crippen LogP contribution >= 0.6 is 8.53 Å². The van der Waals surface area contributed by atoms with Crippen molar-refractivity contribution in [2.45, 2.75) is 65.2 Å². The minimum absolute atomic E-state index is 0.0792. The van der Waals surface area contributed by atoms with E-state index in [1.165, 1.54) is 6.20 Å². The maximum atomic E-state index is 14.9. The third-order valence-electron chi connectivity index (χ3n) is 4.80. The number of halogens is 1. The molecule has 0 aliphatic carbocycles. The summed E-state index contributed by atoms with van der Waals surface area (Å²) in [5.41, 5.74) is -1.28. The van der Waals surface area contributed by atoms with E-state index < -0.39 is 44.2 Å². The summed E-state index contributed by atoms with van der Waals surface area (Å²) in [6.45, 7) is 17.3. The molecule has 0 amide bonds. The van der Waals surface area contributed by atoms with Gasteiger partial charge >= 0.3 is 5.69 Å². The smallest absolute Gasteiger partial charge is 0.330 e. The van der Waals surface area contributed by atoms with Crippen LogP contribution in [0.5, 0.6) is 0 Å². The highest BCUT2D eigenvalue weighted by atomic mass is 31.2. The van der Waals surface area contributed by atoms with Gasteiger partial charge in [0.25, 0.3) is 14.1 Å². The number of nitrogens with zero attached hydrogens (tertiary/aromatic N) is 3. The maximum Gasteiger partial charge on any atom is 0.330 e. The highest BCUT2D eigenvalue weighted by Gasteiger charge is 2.44. The third-order valence-corrected chi connectivity index (χ3v) is 6.88. The van der Waals surface area contributed by atoms with Crippen molar-refractivity contribution in [3.8, 4) is 0 Å². The van der Waals surface area contributed by atoms with Gasteiger partial charge in [-0.1, -0.05) is 6.92 Å². The van der Waals surface area contributed by atoms with Gasteiger partial charge in [-0.05, 0) is 27.7 Å². The van der Waals surface area contributed by atoms with Gasteiger partial charge in [0, 0.05) is 30.3 Å². The average molecular weight is 444 g/mol. The van der Waals surface area contributed by atoms with Crippen molar-refractivity contribution in [1.29, 1.82) is 0 Å². The Morgan fingerprint density at radius 1 is 1.33 bits per heavy atom. The molecule has 2 heterocycles. The van der Waals surface area contributed by atoms with E-state index in [2.05, 4.69) is 14.5 Å². The first kappa shape index (κ1) is 24.6. The number of nitrogens with one attached hydrogen (secondary N) is 1. The van der Waals surface area contributed by atoms with Gasteiger partial charge in [-0.3, -0.25) is 14.3 Å². The molecule has 0 saturated carbocycles. The molecule has 2 rings (SSSR count). The number of aromatic amines is 1. The molecule has 1 aliphatic heterocycles. The van der Waals surface area contributed by atoms with Crippen LogP contribution in [0.3, 0.4) is 0 Å². The fraction of sp³-hybridized carbons (Fsp3) is 0.737. The second-order valence-electron chi connectivity index (χ2n) is 7.70. The topological polar surface area (TPSA) is 90.1 Å². The lowest BCUT2D eigenvalue weighted by molar-refractivity contribution is -0.0398. The van der Waals surface area contributed by atoms with E-state index in [4.69, 9.17) is 20.4 Å². The zero-order valence-corrected chi connectivity index (χ0v) is 18.8. The van der Waals surface area contributed by atoms with Crippen LogP contribution in [0.15, 0.2) is 21.9 Å². The van der Waals surface area contributed by atoms with E-state index in [1.54, 1.807) is 6.92 Å². The first-order valence-electron chi connectivity index (χ1n) is 9.95. The van der Waals surface area contributed by atoms with Gasteiger partial charge in [0.1, 0.15) is 6.61 Å². The predicted molar refractivity (Wildman–Crippen MR) is 112 cm³/mol. The number of ether oxygens (including phenoxy) is 1. The van der Waals surface area contributed by atoms with Crippen LogP contribution in [-0.2, 0) is 13.8 Å². The van der Waals surface area contributed by atoms with Crippen LogP contribution in [0.1, 0.15) is 40.8 Å². The molecule has 0 bridgehead atoms. The summed E-state index contributed by atoms with van der Waals surface area (Å²) >= 11 is 0. The summed E-state index contributed by atoms with van der Waals surface area (Å²) in [7, 11) is -1.47.